The van der Waals surface area contributed by atoms with Gasteiger partial charge in [0, 0.05) is 6.42 Å². The van der Waals surface area contributed by atoms with Crippen LogP contribution in [0.5, 0.6) is 0 Å². The molecule has 0 saturated heterocycles. The Balaban J connectivity index is 4.02. The van der Waals surface area contributed by atoms with Crippen molar-refractivity contribution in [3.8, 4) is 0 Å². The minimum atomic E-state index is -4.32. The number of nitrogens with zero attached hydrogens (tertiary/aromatic N) is 1. The van der Waals surface area contributed by atoms with Gasteiger partial charge < -0.3 is 19.8 Å². The highest BCUT2D eigenvalue weighted by atomic mass is 31.2. The van der Waals surface area contributed by atoms with Crippen molar-refractivity contribution in [3.63, 3.8) is 0 Å². The summed E-state index contributed by atoms with van der Waals surface area (Å²) in [5, 5.41) is 14.1. The maximum Gasteiger partial charge on any atom is 0.472 e. The van der Waals surface area contributed by atoms with Gasteiger partial charge in [0.05, 0.1) is 39.9 Å². The van der Waals surface area contributed by atoms with E-state index >= 15 is 0 Å². The van der Waals surface area contributed by atoms with Crippen LogP contribution in [0.4, 0.5) is 0 Å². The Morgan fingerprint density at radius 2 is 0.696 bits per heavy atom. The van der Waals surface area contributed by atoms with Crippen LogP contribution in [0, 0.1) is 0 Å². The Morgan fingerprint density at radius 1 is 0.435 bits per heavy atom. The lowest BCUT2D eigenvalue weighted by atomic mass is 10.0. The zero-order valence-electron chi connectivity index (χ0n) is 47.3. The SMILES string of the molecule is CCCCCCCCCCCCCCCCCCCCCCCCCCCCCCCCC(O)C(COP(=O)(O)OCC[N+](C)(C)C)NC(=O)CCCCCCCCCCCCCCCCCCC. The Labute approximate surface area is 431 Å². The molecule has 9 heteroatoms. The number of rotatable bonds is 58. The number of amides is 1. The van der Waals surface area contributed by atoms with Crippen LogP contribution in [0.15, 0.2) is 0 Å². The first-order chi connectivity index (χ1) is 33.5. The topological polar surface area (TPSA) is 105 Å². The minimum absolute atomic E-state index is 0.0792. The molecular weight excluding hydrogens is 876 g/mol. The lowest BCUT2D eigenvalue weighted by Crippen LogP contribution is -2.46. The monoisotopic (exact) mass is 1000 g/mol. The number of hydrogen-bond acceptors (Lipinski definition) is 5. The molecule has 0 heterocycles. The van der Waals surface area contributed by atoms with Crippen molar-refractivity contribution in [2.24, 2.45) is 0 Å². The molecule has 69 heavy (non-hydrogen) atoms. The molecule has 0 radical (unpaired) electrons. The summed E-state index contributed by atoms with van der Waals surface area (Å²) in [4.78, 5) is 23.3. The van der Waals surface area contributed by atoms with Crippen molar-refractivity contribution >= 4 is 13.7 Å². The molecule has 0 fully saturated rings. The summed E-state index contributed by atoms with van der Waals surface area (Å²) in [5.74, 6) is -0.136. The molecule has 414 valence electrons. The molecular formula is C60H124N2O6P+. The van der Waals surface area contributed by atoms with Crippen LogP contribution in [-0.4, -0.2) is 73.4 Å². The molecule has 3 N–H and O–H groups in total. The number of quaternary nitrogens is 1. The van der Waals surface area contributed by atoms with Crippen molar-refractivity contribution in [1.29, 1.82) is 0 Å². The molecule has 8 nitrogen and oxygen atoms in total. The molecule has 1 amide bonds. The molecule has 0 aromatic carbocycles. The molecule has 0 aliphatic carbocycles. The van der Waals surface area contributed by atoms with Crippen LogP contribution in [-0.2, 0) is 18.4 Å². The van der Waals surface area contributed by atoms with E-state index in [1.165, 1.54) is 263 Å². The first-order valence-electron chi connectivity index (χ1n) is 30.9. The number of unbranched alkanes of at least 4 members (excludes halogenated alkanes) is 45. The summed E-state index contributed by atoms with van der Waals surface area (Å²) in [5.41, 5.74) is 0. The quantitative estimate of drug-likeness (QED) is 0.0318. The summed E-state index contributed by atoms with van der Waals surface area (Å²) in [6.45, 7) is 4.95. The first-order valence-corrected chi connectivity index (χ1v) is 32.4. The fourth-order valence-electron chi connectivity index (χ4n) is 9.76. The molecule has 0 aliphatic heterocycles. The van der Waals surface area contributed by atoms with Gasteiger partial charge >= 0.3 is 7.82 Å². The Kier molecular flexibility index (Phi) is 52.0. The number of phosphoric acid groups is 1. The van der Waals surface area contributed by atoms with Crippen molar-refractivity contribution in [2.45, 2.75) is 341 Å². The number of phosphoric ester groups is 1. The van der Waals surface area contributed by atoms with Gasteiger partial charge in [0.25, 0.3) is 0 Å². The van der Waals surface area contributed by atoms with Crippen molar-refractivity contribution in [3.05, 3.63) is 0 Å². The average Bonchev–Trinajstić information content (AvgIpc) is 3.31. The maximum atomic E-state index is 13.0. The van der Waals surface area contributed by atoms with Crippen molar-refractivity contribution in [1.82, 2.24) is 5.32 Å². The highest BCUT2D eigenvalue weighted by Gasteiger charge is 2.28. The fourth-order valence-corrected chi connectivity index (χ4v) is 10.5. The molecule has 0 spiro atoms. The van der Waals surface area contributed by atoms with E-state index in [1.54, 1.807) is 0 Å². The van der Waals surface area contributed by atoms with E-state index in [0.717, 1.165) is 38.5 Å². The summed E-state index contributed by atoms with van der Waals surface area (Å²) in [7, 11) is 1.64. The Morgan fingerprint density at radius 3 is 0.971 bits per heavy atom. The normalized spacial score (nSPS) is 13.8. The second-order valence-corrected chi connectivity index (χ2v) is 24.3. The fraction of sp³-hybridized carbons (Fsp3) is 0.983. The summed E-state index contributed by atoms with van der Waals surface area (Å²) >= 11 is 0. The number of likely N-dealkylation sites (N-methyl/N-ethyl adjacent to an activating group) is 1. The van der Waals surface area contributed by atoms with Gasteiger partial charge in [-0.05, 0) is 12.8 Å². The van der Waals surface area contributed by atoms with E-state index in [-0.39, 0.29) is 19.1 Å². The molecule has 0 saturated carbocycles. The van der Waals surface area contributed by atoms with Crippen LogP contribution in [0.25, 0.3) is 0 Å². The van der Waals surface area contributed by atoms with E-state index in [9.17, 15) is 19.4 Å². The number of aliphatic hydroxyl groups excluding tert-OH is 1. The molecule has 0 aliphatic rings. The zero-order valence-corrected chi connectivity index (χ0v) is 48.2. The van der Waals surface area contributed by atoms with E-state index in [4.69, 9.17) is 9.05 Å². The predicted molar refractivity (Wildman–Crippen MR) is 300 cm³/mol. The molecule has 3 unspecified atom stereocenters. The lowest BCUT2D eigenvalue weighted by Gasteiger charge is -2.26. The number of carbonyl (C=O) groups is 1. The van der Waals surface area contributed by atoms with E-state index in [2.05, 4.69) is 19.2 Å². The van der Waals surface area contributed by atoms with Gasteiger partial charge in [0.1, 0.15) is 13.2 Å². The maximum absolute atomic E-state index is 13.0. The van der Waals surface area contributed by atoms with Gasteiger partial charge in [0.15, 0.2) is 0 Å². The van der Waals surface area contributed by atoms with Gasteiger partial charge in [-0.2, -0.15) is 0 Å². The molecule has 0 bridgehead atoms. The summed E-state index contributed by atoms with van der Waals surface area (Å²) < 4.78 is 23.8. The van der Waals surface area contributed by atoms with Gasteiger partial charge in [-0.3, -0.25) is 13.8 Å². The second kappa shape index (κ2) is 52.4. The summed E-state index contributed by atoms with van der Waals surface area (Å²) in [6, 6.07) is -0.755. The van der Waals surface area contributed by atoms with Gasteiger partial charge in [0.2, 0.25) is 5.91 Å². The first kappa shape index (κ1) is 68.5. The average molecular weight is 1000 g/mol. The largest absolute Gasteiger partial charge is 0.472 e. The predicted octanol–water partition coefficient (Wildman–Crippen LogP) is 18.8. The van der Waals surface area contributed by atoms with E-state index in [0.29, 0.717) is 23.9 Å². The number of carbonyl (C=O) groups excluding carboxylic acids is 1. The van der Waals surface area contributed by atoms with Gasteiger partial charge in [-0.15, -0.1) is 0 Å². The standard InChI is InChI=1S/C60H123N2O6P/c1-6-8-10-12-14-16-18-20-22-24-25-26-27-28-29-30-31-32-33-34-35-36-38-39-41-43-45-47-49-51-53-59(63)58(57-68-69(65,66)67-56-55-62(3,4)5)61-60(64)54-52-50-48-46-44-42-40-37-23-21-19-17-15-13-11-9-7-2/h58-59,63H,6-57H2,1-5H3,(H-,61,64,65,66)/p+1. The third-order valence-corrected chi connectivity index (χ3v) is 15.6. The third kappa shape index (κ3) is 55.1. The number of nitrogens with one attached hydrogen (secondary N) is 1. The highest BCUT2D eigenvalue weighted by Crippen LogP contribution is 2.43. The zero-order chi connectivity index (χ0) is 50.6. The minimum Gasteiger partial charge on any atom is -0.391 e. The van der Waals surface area contributed by atoms with Crippen LogP contribution in [0.2, 0.25) is 0 Å². The van der Waals surface area contributed by atoms with Gasteiger partial charge in [-0.1, -0.05) is 309 Å². The van der Waals surface area contributed by atoms with Crippen LogP contribution < -0.4 is 5.32 Å². The van der Waals surface area contributed by atoms with E-state index < -0.39 is 20.0 Å². The van der Waals surface area contributed by atoms with Crippen molar-refractivity contribution < 1.29 is 32.9 Å². The Bertz CT molecular complexity index is 1090. The van der Waals surface area contributed by atoms with Crippen LogP contribution >= 0.6 is 7.82 Å². The number of aliphatic hydroxyl groups is 1. The van der Waals surface area contributed by atoms with E-state index in [1.807, 2.05) is 21.1 Å². The smallest absolute Gasteiger partial charge is 0.391 e. The lowest BCUT2D eigenvalue weighted by molar-refractivity contribution is -0.870. The van der Waals surface area contributed by atoms with Crippen molar-refractivity contribution in [2.75, 3.05) is 40.9 Å². The highest BCUT2D eigenvalue weighted by molar-refractivity contribution is 7.47. The second-order valence-electron chi connectivity index (χ2n) is 22.8. The Hall–Kier alpha value is -0.500. The third-order valence-electron chi connectivity index (χ3n) is 14.6. The molecule has 0 aromatic heterocycles. The van der Waals surface area contributed by atoms with Gasteiger partial charge in [-0.25, -0.2) is 4.57 Å². The van der Waals surface area contributed by atoms with Crippen LogP contribution in [0.3, 0.4) is 0 Å². The number of hydrogen-bond donors (Lipinski definition) is 3. The molecule has 3 atom stereocenters. The summed E-state index contributed by atoms with van der Waals surface area (Å²) in [6.07, 6.45) is 63.2. The van der Waals surface area contributed by atoms with Crippen LogP contribution in [0.1, 0.15) is 328 Å². The molecule has 0 rings (SSSR count). The molecule has 0 aromatic rings.